The van der Waals surface area contributed by atoms with Crippen molar-refractivity contribution in [1.29, 1.82) is 5.26 Å². The van der Waals surface area contributed by atoms with Crippen molar-refractivity contribution in [2.75, 3.05) is 0 Å². The maximum atomic E-state index is 12.6. The summed E-state index contributed by atoms with van der Waals surface area (Å²) < 4.78 is 11.8. The summed E-state index contributed by atoms with van der Waals surface area (Å²) in [7, 11) is 0. The lowest BCUT2D eigenvalue weighted by Crippen LogP contribution is -2.26. The average Bonchev–Trinajstić information content (AvgIpc) is 2.53. The molecule has 0 bridgehead atoms. The van der Waals surface area contributed by atoms with Crippen molar-refractivity contribution in [1.82, 2.24) is 0 Å². The molecular formula is C18H15BrN2O3. The van der Waals surface area contributed by atoms with E-state index < -0.39 is 11.5 Å². The van der Waals surface area contributed by atoms with Crippen LogP contribution in [0.3, 0.4) is 0 Å². The lowest BCUT2D eigenvalue weighted by Gasteiger charge is -2.25. The molecule has 5 nitrogen and oxygen atoms in total. The van der Waals surface area contributed by atoms with Gasteiger partial charge in [-0.15, -0.1) is 0 Å². The standard InChI is InChI=1S/C18H15BrN2O3/c1-2-4-12-8-14-16(18(22)23-12)15(13(9-20)17(21)24-14)10-5-3-6-11(19)7-10/h3,5-8,15H,2,4,21H2,1H3. The highest BCUT2D eigenvalue weighted by Crippen LogP contribution is 2.41. The van der Waals surface area contributed by atoms with Crippen LogP contribution in [0.25, 0.3) is 0 Å². The van der Waals surface area contributed by atoms with Crippen LogP contribution in [0.15, 0.2) is 55.5 Å². The number of aryl methyl sites for hydroxylation is 1. The molecule has 2 heterocycles. The second kappa shape index (κ2) is 6.54. The first kappa shape index (κ1) is 16.3. The predicted octanol–water partition coefficient (Wildman–Crippen LogP) is 3.57. The van der Waals surface area contributed by atoms with E-state index in [4.69, 9.17) is 14.9 Å². The highest BCUT2D eigenvalue weighted by Gasteiger charge is 2.34. The molecule has 0 amide bonds. The van der Waals surface area contributed by atoms with Gasteiger partial charge in [-0.3, -0.25) is 0 Å². The lowest BCUT2D eigenvalue weighted by molar-refractivity contribution is 0.367. The van der Waals surface area contributed by atoms with Crippen LogP contribution in [-0.4, -0.2) is 0 Å². The van der Waals surface area contributed by atoms with E-state index in [1.54, 1.807) is 6.07 Å². The first-order valence-corrected chi connectivity index (χ1v) is 8.34. The summed E-state index contributed by atoms with van der Waals surface area (Å²) in [5, 5.41) is 9.51. The van der Waals surface area contributed by atoms with Crippen LogP contribution in [0.1, 0.15) is 36.1 Å². The molecule has 0 fully saturated rings. The molecule has 0 saturated heterocycles. The summed E-state index contributed by atoms with van der Waals surface area (Å²) in [6, 6.07) is 11.2. The van der Waals surface area contributed by atoms with Gasteiger partial charge in [0.05, 0.1) is 11.5 Å². The molecule has 122 valence electrons. The molecule has 1 unspecified atom stereocenters. The monoisotopic (exact) mass is 386 g/mol. The Bertz CT molecular complexity index is 925. The van der Waals surface area contributed by atoms with Gasteiger partial charge >= 0.3 is 5.63 Å². The molecular weight excluding hydrogens is 372 g/mol. The number of benzene rings is 1. The van der Waals surface area contributed by atoms with Crippen LogP contribution in [0.5, 0.6) is 5.75 Å². The van der Waals surface area contributed by atoms with E-state index in [-0.39, 0.29) is 11.5 Å². The molecule has 0 aliphatic carbocycles. The second-order valence-electron chi connectivity index (χ2n) is 5.51. The number of nitriles is 1. The Balaban J connectivity index is 2.25. The molecule has 2 N–H and O–H groups in total. The smallest absolute Gasteiger partial charge is 0.343 e. The third kappa shape index (κ3) is 2.83. The highest BCUT2D eigenvalue weighted by molar-refractivity contribution is 9.10. The van der Waals surface area contributed by atoms with Gasteiger partial charge in [-0.1, -0.05) is 35.0 Å². The fourth-order valence-electron chi connectivity index (χ4n) is 2.84. The largest absolute Gasteiger partial charge is 0.440 e. The van der Waals surface area contributed by atoms with Gasteiger partial charge in [0, 0.05) is 17.0 Å². The maximum absolute atomic E-state index is 12.6. The molecule has 1 aromatic heterocycles. The van der Waals surface area contributed by atoms with Gasteiger partial charge < -0.3 is 14.9 Å². The number of hydrogen-bond acceptors (Lipinski definition) is 5. The average molecular weight is 387 g/mol. The fraction of sp³-hybridized carbons (Fsp3) is 0.222. The Morgan fingerprint density at radius 2 is 2.17 bits per heavy atom. The van der Waals surface area contributed by atoms with Crippen LogP contribution < -0.4 is 16.1 Å². The number of rotatable bonds is 3. The Hall–Kier alpha value is -2.52. The minimum Gasteiger partial charge on any atom is -0.440 e. The molecule has 24 heavy (non-hydrogen) atoms. The van der Waals surface area contributed by atoms with Gasteiger partial charge in [-0.05, 0) is 24.1 Å². The summed E-state index contributed by atoms with van der Waals surface area (Å²) in [6.07, 6.45) is 1.47. The Morgan fingerprint density at radius 3 is 2.83 bits per heavy atom. The van der Waals surface area contributed by atoms with Crippen molar-refractivity contribution in [3.8, 4) is 11.8 Å². The highest BCUT2D eigenvalue weighted by atomic mass is 79.9. The molecule has 2 aromatic rings. The van der Waals surface area contributed by atoms with E-state index in [0.29, 0.717) is 23.5 Å². The van der Waals surface area contributed by atoms with Gasteiger partial charge in [0.15, 0.2) is 0 Å². The van der Waals surface area contributed by atoms with Gasteiger partial charge in [0.25, 0.3) is 0 Å². The minimum absolute atomic E-state index is 0.0167. The van der Waals surface area contributed by atoms with Gasteiger partial charge in [0.2, 0.25) is 5.88 Å². The number of nitrogens with two attached hydrogens (primary N) is 1. The van der Waals surface area contributed by atoms with Crippen LogP contribution >= 0.6 is 15.9 Å². The van der Waals surface area contributed by atoms with Crippen LogP contribution in [0.4, 0.5) is 0 Å². The van der Waals surface area contributed by atoms with Gasteiger partial charge in [-0.25, -0.2) is 4.79 Å². The minimum atomic E-state index is -0.608. The SMILES string of the molecule is CCCc1cc2c(c(=O)o1)C(c1cccc(Br)c1)C(C#N)=C(N)O2. The normalized spacial score (nSPS) is 16.3. The fourth-order valence-corrected chi connectivity index (χ4v) is 3.26. The molecule has 0 saturated carbocycles. The zero-order chi connectivity index (χ0) is 17.3. The van der Waals surface area contributed by atoms with Crippen molar-refractivity contribution >= 4 is 15.9 Å². The third-order valence-electron chi connectivity index (χ3n) is 3.86. The number of allylic oxidation sites excluding steroid dienone is 1. The second-order valence-corrected chi connectivity index (χ2v) is 6.42. The van der Waals surface area contributed by atoms with Crippen LogP contribution in [-0.2, 0) is 6.42 Å². The predicted molar refractivity (Wildman–Crippen MR) is 92.4 cm³/mol. The lowest BCUT2D eigenvalue weighted by atomic mass is 9.84. The summed E-state index contributed by atoms with van der Waals surface area (Å²) in [6.45, 7) is 1.99. The van der Waals surface area contributed by atoms with E-state index in [1.165, 1.54) is 0 Å². The van der Waals surface area contributed by atoms with Crippen molar-refractivity contribution < 1.29 is 9.15 Å². The summed E-state index contributed by atoms with van der Waals surface area (Å²) in [5.41, 5.74) is 6.71. The summed E-state index contributed by atoms with van der Waals surface area (Å²) >= 11 is 3.41. The van der Waals surface area contributed by atoms with E-state index in [1.807, 2.05) is 31.2 Å². The van der Waals surface area contributed by atoms with Crippen molar-refractivity contribution in [2.24, 2.45) is 5.73 Å². The first-order chi connectivity index (χ1) is 11.5. The quantitative estimate of drug-likeness (QED) is 0.870. The summed E-state index contributed by atoms with van der Waals surface area (Å²) in [4.78, 5) is 12.6. The molecule has 1 aromatic carbocycles. The Kier molecular flexibility index (Phi) is 4.45. The van der Waals surface area contributed by atoms with E-state index in [2.05, 4.69) is 22.0 Å². The van der Waals surface area contributed by atoms with E-state index in [9.17, 15) is 10.1 Å². The number of fused-ring (bicyclic) bond motifs is 1. The van der Waals surface area contributed by atoms with E-state index >= 15 is 0 Å². The molecule has 1 aliphatic heterocycles. The molecule has 3 rings (SSSR count). The Morgan fingerprint density at radius 1 is 1.38 bits per heavy atom. The van der Waals surface area contributed by atoms with Crippen molar-refractivity contribution in [2.45, 2.75) is 25.7 Å². The topological polar surface area (TPSA) is 89.2 Å². The van der Waals surface area contributed by atoms with Gasteiger partial charge in [-0.2, -0.15) is 5.26 Å². The zero-order valence-electron chi connectivity index (χ0n) is 13.0. The molecule has 6 heteroatoms. The van der Waals surface area contributed by atoms with Crippen LogP contribution in [0, 0.1) is 11.3 Å². The third-order valence-corrected chi connectivity index (χ3v) is 4.36. The Labute approximate surface area is 147 Å². The molecule has 1 atom stereocenters. The maximum Gasteiger partial charge on any atom is 0.343 e. The zero-order valence-corrected chi connectivity index (χ0v) is 14.6. The van der Waals surface area contributed by atoms with Crippen molar-refractivity contribution in [3.63, 3.8) is 0 Å². The molecule has 0 spiro atoms. The number of ether oxygens (including phenoxy) is 1. The molecule has 0 radical (unpaired) electrons. The van der Waals surface area contributed by atoms with Gasteiger partial charge in [0.1, 0.15) is 23.2 Å². The number of nitrogens with zero attached hydrogens (tertiary/aromatic N) is 1. The number of hydrogen-bond donors (Lipinski definition) is 1. The van der Waals surface area contributed by atoms with Crippen molar-refractivity contribution in [3.05, 3.63) is 73.6 Å². The molecule has 1 aliphatic rings. The van der Waals surface area contributed by atoms with E-state index in [0.717, 1.165) is 16.5 Å². The number of halogens is 1. The summed E-state index contributed by atoms with van der Waals surface area (Å²) in [5.74, 6) is 0.310. The van der Waals surface area contributed by atoms with Crippen LogP contribution in [0.2, 0.25) is 0 Å². The first-order valence-electron chi connectivity index (χ1n) is 7.55.